The number of H-pyrrole nitrogens is 1. The van der Waals surface area contributed by atoms with Crippen LogP contribution in [0.2, 0.25) is 5.02 Å². The van der Waals surface area contributed by atoms with Gasteiger partial charge in [-0.15, -0.1) is 0 Å². The molecule has 0 atom stereocenters. The van der Waals surface area contributed by atoms with Gasteiger partial charge in [0.15, 0.2) is 0 Å². The smallest absolute Gasteiger partial charge is 0.253 e. The zero-order valence-electron chi connectivity index (χ0n) is 14.3. The predicted molar refractivity (Wildman–Crippen MR) is 101 cm³/mol. The lowest BCUT2D eigenvalue weighted by Gasteiger charge is -2.12. The molecule has 0 bridgehead atoms. The maximum Gasteiger partial charge on any atom is 0.253 e. The van der Waals surface area contributed by atoms with Gasteiger partial charge in [0.05, 0.1) is 19.9 Å². The van der Waals surface area contributed by atoms with Gasteiger partial charge in [-0.05, 0) is 48.2 Å². The van der Waals surface area contributed by atoms with Gasteiger partial charge in [0.1, 0.15) is 11.5 Å². The Bertz CT molecular complexity index is 982. The van der Waals surface area contributed by atoms with Gasteiger partial charge in [0, 0.05) is 28.7 Å². The van der Waals surface area contributed by atoms with Gasteiger partial charge >= 0.3 is 0 Å². The van der Waals surface area contributed by atoms with Gasteiger partial charge in [0.2, 0.25) is 0 Å². The second kappa shape index (κ2) is 7.07. The van der Waals surface area contributed by atoms with Crippen LogP contribution < -0.4 is 20.3 Å². The molecule has 0 fully saturated rings. The van der Waals surface area contributed by atoms with Crippen LogP contribution in [0.3, 0.4) is 0 Å². The van der Waals surface area contributed by atoms with Gasteiger partial charge < -0.3 is 19.8 Å². The summed E-state index contributed by atoms with van der Waals surface area (Å²) in [6.07, 6.45) is 0. The molecule has 1 aromatic heterocycles. The third-order valence-electron chi connectivity index (χ3n) is 4.08. The highest BCUT2D eigenvalue weighted by Crippen LogP contribution is 2.29. The molecule has 5 nitrogen and oxygen atoms in total. The van der Waals surface area contributed by atoms with Gasteiger partial charge in [-0.1, -0.05) is 11.6 Å². The van der Waals surface area contributed by atoms with E-state index in [2.05, 4.69) is 10.3 Å². The highest BCUT2D eigenvalue weighted by atomic mass is 35.5. The van der Waals surface area contributed by atoms with Crippen molar-refractivity contribution in [2.24, 2.45) is 0 Å². The number of ether oxygens (including phenoxy) is 2. The number of benzene rings is 2. The highest BCUT2D eigenvalue weighted by Gasteiger charge is 2.08. The SMILES string of the molecule is COc1ccc(NCc2cc3cc(C)c(Cl)cc3[nH]c2=O)c(OC)c1. The van der Waals surface area contributed by atoms with E-state index in [-0.39, 0.29) is 5.56 Å². The zero-order chi connectivity index (χ0) is 18.0. The monoisotopic (exact) mass is 358 g/mol. The molecule has 0 saturated carbocycles. The summed E-state index contributed by atoms with van der Waals surface area (Å²) in [4.78, 5) is 15.2. The Morgan fingerprint density at radius 2 is 1.92 bits per heavy atom. The molecule has 0 aliphatic rings. The molecule has 0 aliphatic heterocycles. The van der Waals surface area contributed by atoms with E-state index in [0.29, 0.717) is 28.6 Å². The van der Waals surface area contributed by atoms with Crippen molar-refractivity contribution >= 4 is 28.2 Å². The van der Waals surface area contributed by atoms with Crippen molar-refractivity contribution in [1.82, 2.24) is 4.98 Å². The minimum absolute atomic E-state index is 0.146. The van der Waals surface area contributed by atoms with Gasteiger partial charge in [-0.2, -0.15) is 0 Å². The Morgan fingerprint density at radius 1 is 1.12 bits per heavy atom. The number of fused-ring (bicyclic) bond motifs is 1. The van der Waals surface area contributed by atoms with Crippen LogP contribution in [0, 0.1) is 6.92 Å². The van der Waals surface area contributed by atoms with Gasteiger partial charge in [-0.3, -0.25) is 4.79 Å². The molecular weight excluding hydrogens is 340 g/mol. The van der Waals surface area contributed by atoms with Crippen LogP contribution in [0.5, 0.6) is 11.5 Å². The summed E-state index contributed by atoms with van der Waals surface area (Å²) in [6, 6.07) is 11.1. The van der Waals surface area contributed by atoms with Crippen LogP contribution in [0.25, 0.3) is 10.9 Å². The summed E-state index contributed by atoms with van der Waals surface area (Å²) in [5.74, 6) is 1.36. The van der Waals surface area contributed by atoms with E-state index in [0.717, 1.165) is 22.2 Å². The first-order valence-corrected chi connectivity index (χ1v) is 8.17. The molecule has 2 aromatic carbocycles. The Balaban J connectivity index is 1.89. The molecule has 3 aromatic rings. The largest absolute Gasteiger partial charge is 0.497 e. The topological polar surface area (TPSA) is 63.3 Å². The van der Waals surface area contributed by atoms with Crippen LogP contribution >= 0.6 is 11.6 Å². The maximum absolute atomic E-state index is 12.3. The van der Waals surface area contributed by atoms with Gasteiger partial charge in [0.25, 0.3) is 5.56 Å². The molecule has 1 heterocycles. The van der Waals surface area contributed by atoms with Crippen LogP contribution in [0.15, 0.2) is 41.2 Å². The zero-order valence-corrected chi connectivity index (χ0v) is 15.0. The second-order valence-electron chi connectivity index (χ2n) is 5.73. The summed E-state index contributed by atoms with van der Waals surface area (Å²) >= 11 is 6.12. The lowest BCUT2D eigenvalue weighted by atomic mass is 10.1. The Labute approximate surface area is 150 Å². The average Bonchev–Trinajstić information content (AvgIpc) is 2.61. The van der Waals surface area contributed by atoms with E-state index in [1.54, 1.807) is 26.4 Å². The van der Waals surface area contributed by atoms with E-state index in [4.69, 9.17) is 21.1 Å². The molecule has 0 unspecified atom stereocenters. The number of methoxy groups -OCH3 is 2. The number of anilines is 1. The van der Waals surface area contributed by atoms with Crippen molar-refractivity contribution < 1.29 is 9.47 Å². The molecule has 0 amide bonds. The first kappa shape index (κ1) is 17.2. The Morgan fingerprint density at radius 3 is 2.64 bits per heavy atom. The molecule has 3 rings (SSSR count). The summed E-state index contributed by atoms with van der Waals surface area (Å²) < 4.78 is 10.6. The normalized spacial score (nSPS) is 10.7. The maximum atomic E-state index is 12.3. The number of aryl methyl sites for hydroxylation is 1. The fourth-order valence-electron chi connectivity index (χ4n) is 2.65. The first-order chi connectivity index (χ1) is 12.0. The van der Waals surface area contributed by atoms with Gasteiger partial charge in [-0.25, -0.2) is 0 Å². The van der Waals surface area contributed by atoms with Crippen molar-refractivity contribution in [3.63, 3.8) is 0 Å². The third-order valence-corrected chi connectivity index (χ3v) is 4.49. The number of hydrogen-bond acceptors (Lipinski definition) is 4. The van der Waals surface area contributed by atoms with Crippen LogP contribution in [0.1, 0.15) is 11.1 Å². The summed E-state index contributed by atoms with van der Waals surface area (Å²) in [5.41, 5.74) is 2.97. The fraction of sp³-hybridized carbons (Fsp3) is 0.211. The number of halogens is 1. The number of aromatic nitrogens is 1. The minimum atomic E-state index is -0.146. The second-order valence-corrected chi connectivity index (χ2v) is 6.14. The van der Waals surface area contributed by atoms with Crippen LogP contribution in [-0.4, -0.2) is 19.2 Å². The lowest BCUT2D eigenvalue weighted by Crippen LogP contribution is -2.16. The number of nitrogens with one attached hydrogen (secondary N) is 2. The predicted octanol–water partition coefficient (Wildman–Crippen LogP) is 4.12. The Hall–Kier alpha value is -2.66. The quantitative estimate of drug-likeness (QED) is 0.720. The van der Waals surface area contributed by atoms with Crippen LogP contribution in [0.4, 0.5) is 5.69 Å². The molecule has 25 heavy (non-hydrogen) atoms. The average molecular weight is 359 g/mol. The highest BCUT2D eigenvalue weighted by molar-refractivity contribution is 6.32. The molecule has 0 saturated heterocycles. The summed E-state index contributed by atoms with van der Waals surface area (Å²) in [5, 5.41) is 4.82. The molecule has 0 aliphatic carbocycles. The number of hydrogen-bond donors (Lipinski definition) is 2. The van der Waals surface area contributed by atoms with Crippen molar-refractivity contribution in [3.05, 3.63) is 62.9 Å². The summed E-state index contributed by atoms with van der Waals surface area (Å²) in [7, 11) is 3.19. The third kappa shape index (κ3) is 3.56. The van der Waals surface area contributed by atoms with E-state index in [9.17, 15) is 4.79 Å². The van der Waals surface area contributed by atoms with Crippen LogP contribution in [-0.2, 0) is 6.54 Å². The number of rotatable bonds is 5. The fourth-order valence-corrected chi connectivity index (χ4v) is 2.82. The molecule has 130 valence electrons. The summed E-state index contributed by atoms with van der Waals surface area (Å²) in [6.45, 7) is 2.31. The van der Waals surface area contributed by atoms with Crippen molar-refractivity contribution in [3.8, 4) is 11.5 Å². The van der Waals surface area contributed by atoms with E-state index >= 15 is 0 Å². The lowest BCUT2D eigenvalue weighted by molar-refractivity contribution is 0.395. The van der Waals surface area contributed by atoms with E-state index in [1.165, 1.54) is 0 Å². The van der Waals surface area contributed by atoms with Crippen molar-refractivity contribution in [2.75, 3.05) is 19.5 Å². The minimum Gasteiger partial charge on any atom is -0.497 e. The van der Waals surface area contributed by atoms with E-state index < -0.39 is 0 Å². The molecule has 6 heteroatoms. The molecule has 0 radical (unpaired) electrons. The standard InChI is InChI=1S/C19H19ClN2O3/c1-11-6-12-7-13(19(23)22-17(12)9-15(11)20)10-21-16-5-4-14(24-2)8-18(16)25-3/h4-9,21H,10H2,1-3H3,(H,22,23). The van der Waals surface area contributed by atoms with Crippen molar-refractivity contribution in [1.29, 1.82) is 0 Å². The molecule has 2 N–H and O–H groups in total. The number of aromatic amines is 1. The molecule has 0 spiro atoms. The Kier molecular flexibility index (Phi) is 4.86. The number of pyridine rings is 1. The first-order valence-electron chi connectivity index (χ1n) is 7.80. The molecular formula is C19H19ClN2O3. The van der Waals surface area contributed by atoms with Crippen molar-refractivity contribution in [2.45, 2.75) is 13.5 Å². The van der Waals surface area contributed by atoms with E-state index in [1.807, 2.05) is 31.2 Å².